The number of amides is 1. The minimum atomic E-state index is -4.75. The molecule has 2 heterocycles. The molecule has 0 radical (unpaired) electrons. The molecule has 4 rings (SSSR count). The number of thioether (sulfide) groups is 1. The van der Waals surface area contributed by atoms with E-state index in [0.29, 0.717) is 21.1 Å². The molecule has 1 aliphatic heterocycles. The third-order valence-electron chi connectivity index (χ3n) is 4.02. The molecule has 0 spiro atoms. The fourth-order valence-electron chi connectivity index (χ4n) is 2.80. The van der Waals surface area contributed by atoms with Gasteiger partial charge in [-0.05, 0) is 24.6 Å². The number of rotatable bonds is 3. The highest BCUT2D eigenvalue weighted by molar-refractivity contribution is 8.00. The Morgan fingerprint density at radius 1 is 1.19 bits per heavy atom. The number of aromatic nitrogens is 1. The van der Waals surface area contributed by atoms with Gasteiger partial charge in [0, 0.05) is 6.07 Å². The number of carbonyl (C=O) groups excluding carboxylic acids is 1. The van der Waals surface area contributed by atoms with Gasteiger partial charge in [0.25, 0.3) is 0 Å². The normalized spacial score (nSPS) is 17.7. The van der Waals surface area contributed by atoms with Crippen LogP contribution >= 0.6 is 23.1 Å². The van der Waals surface area contributed by atoms with E-state index < -0.39 is 6.36 Å². The molecule has 1 unspecified atom stereocenters. The van der Waals surface area contributed by atoms with Crippen molar-refractivity contribution in [2.24, 2.45) is 0 Å². The van der Waals surface area contributed by atoms with E-state index in [1.54, 1.807) is 4.90 Å². The van der Waals surface area contributed by atoms with Crippen molar-refractivity contribution in [1.82, 2.24) is 4.98 Å². The lowest BCUT2D eigenvalue weighted by Crippen LogP contribution is -2.27. The first-order valence-corrected chi connectivity index (χ1v) is 9.83. The van der Waals surface area contributed by atoms with Gasteiger partial charge in [0.15, 0.2) is 5.13 Å². The molecule has 1 amide bonds. The summed E-state index contributed by atoms with van der Waals surface area (Å²) < 4.78 is 41.8. The first-order chi connectivity index (χ1) is 12.8. The summed E-state index contributed by atoms with van der Waals surface area (Å²) in [5, 5.41) is 0.263. The summed E-state index contributed by atoms with van der Waals surface area (Å²) in [5.41, 5.74) is 2.63. The molecule has 140 valence electrons. The quantitative estimate of drug-likeness (QED) is 0.589. The van der Waals surface area contributed by atoms with Crippen LogP contribution in [-0.4, -0.2) is 23.0 Å². The molecule has 0 saturated carbocycles. The molecule has 4 nitrogen and oxygen atoms in total. The molecule has 1 fully saturated rings. The minimum absolute atomic E-state index is 0.0728. The zero-order valence-electron chi connectivity index (χ0n) is 14.0. The second-order valence-electron chi connectivity index (χ2n) is 6.01. The van der Waals surface area contributed by atoms with Crippen LogP contribution in [0.4, 0.5) is 18.3 Å². The predicted octanol–water partition coefficient (Wildman–Crippen LogP) is 5.28. The lowest BCUT2D eigenvalue weighted by molar-refractivity contribution is -0.274. The Morgan fingerprint density at radius 2 is 1.93 bits per heavy atom. The van der Waals surface area contributed by atoms with E-state index in [9.17, 15) is 18.0 Å². The van der Waals surface area contributed by atoms with Gasteiger partial charge in [-0.3, -0.25) is 9.69 Å². The van der Waals surface area contributed by atoms with E-state index in [-0.39, 0.29) is 17.0 Å². The van der Waals surface area contributed by atoms with E-state index in [1.165, 1.54) is 41.3 Å². The van der Waals surface area contributed by atoms with Crippen LogP contribution in [0.1, 0.15) is 16.5 Å². The molecule has 1 atom stereocenters. The number of thiazole rings is 1. The fourth-order valence-corrected chi connectivity index (χ4v) is 5.06. The maximum absolute atomic E-state index is 12.5. The number of fused-ring (bicyclic) bond motifs is 1. The van der Waals surface area contributed by atoms with Crippen LogP contribution in [0.25, 0.3) is 10.2 Å². The van der Waals surface area contributed by atoms with Crippen molar-refractivity contribution >= 4 is 44.4 Å². The summed E-state index contributed by atoms with van der Waals surface area (Å²) in [6, 6.07) is 11.9. The van der Waals surface area contributed by atoms with Crippen LogP contribution < -0.4 is 9.64 Å². The summed E-state index contributed by atoms with van der Waals surface area (Å²) in [6.45, 7) is 1.99. The van der Waals surface area contributed by atoms with Crippen molar-refractivity contribution < 1.29 is 22.7 Å². The van der Waals surface area contributed by atoms with Crippen molar-refractivity contribution in [3.05, 3.63) is 53.6 Å². The van der Waals surface area contributed by atoms with Gasteiger partial charge in [0.1, 0.15) is 11.1 Å². The van der Waals surface area contributed by atoms with Crippen molar-refractivity contribution in [1.29, 1.82) is 0 Å². The zero-order chi connectivity index (χ0) is 19.2. The molecule has 1 saturated heterocycles. The molecule has 0 bridgehead atoms. The van der Waals surface area contributed by atoms with Gasteiger partial charge in [0.2, 0.25) is 5.91 Å². The van der Waals surface area contributed by atoms with Crippen molar-refractivity contribution in [2.45, 2.75) is 18.7 Å². The number of hydrogen-bond acceptors (Lipinski definition) is 5. The van der Waals surface area contributed by atoms with Gasteiger partial charge in [-0.15, -0.1) is 24.9 Å². The molecule has 2 aromatic carbocycles. The third-order valence-corrected chi connectivity index (χ3v) is 6.25. The number of aryl methyl sites for hydroxylation is 1. The van der Waals surface area contributed by atoms with E-state index in [2.05, 4.69) is 9.72 Å². The van der Waals surface area contributed by atoms with Crippen LogP contribution in [0, 0.1) is 6.92 Å². The van der Waals surface area contributed by atoms with Gasteiger partial charge in [-0.25, -0.2) is 4.98 Å². The van der Waals surface area contributed by atoms with E-state index in [4.69, 9.17) is 0 Å². The average Bonchev–Trinajstić information content (AvgIpc) is 3.16. The predicted molar refractivity (Wildman–Crippen MR) is 100 cm³/mol. The van der Waals surface area contributed by atoms with Gasteiger partial charge in [0.05, 0.1) is 16.0 Å². The Labute approximate surface area is 161 Å². The zero-order valence-corrected chi connectivity index (χ0v) is 15.6. The Bertz CT molecular complexity index is 1000. The minimum Gasteiger partial charge on any atom is -0.406 e. The smallest absolute Gasteiger partial charge is 0.406 e. The molecule has 27 heavy (non-hydrogen) atoms. The SMILES string of the molecule is Cc1ccc(C2SCC(=O)N2c2nc3ccc(OC(F)(F)F)cc3s2)cc1. The molecule has 9 heteroatoms. The molecular weight excluding hydrogens is 397 g/mol. The highest BCUT2D eigenvalue weighted by atomic mass is 32.2. The number of alkyl halides is 3. The largest absolute Gasteiger partial charge is 0.573 e. The van der Waals surface area contributed by atoms with Crippen LogP contribution in [0.5, 0.6) is 5.75 Å². The monoisotopic (exact) mass is 410 g/mol. The summed E-state index contributed by atoms with van der Waals surface area (Å²) in [7, 11) is 0. The second-order valence-corrected chi connectivity index (χ2v) is 8.09. The number of anilines is 1. The summed E-state index contributed by atoms with van der Waals surface area (Å²) in [6.07, 6.45) is -4.75. The second kappa shape index (κ2) is 6.72. The molecule has 3 aromatic rings. The van der Waals surface area contributed by atoms with Crippen molar-refractivity contribution in [3.8, 4) is 5.75 Å². The molecule has 1 aliphatic rings. The van der Waals surface area contributed by atoms with Crippen LogP contribution in [0.15, 0.2) is 42.5 Å². The first kappa shape index (κ1) is 18.1. The van der Waals surface area contributed by atoms with Crippen molar-refractivity contribution in [3.63, 3.8) is 0 Å². The van der Waals surface area contributed by atoms with Crippen LogP contribution in [-0.2, 0) is 4.79 Å². The number of carbonyl (C=O) groups is 1. The van der Waals surface area contributed by atoms with Gasteiger partial charge in [-0.2, -0.15) is 0 Å². The van der Waals surface area contributed by atoms with E-state index in [0.717, 1.165) is 11.1 Å². The number of hydrogen-bond donors (Lipinski definition) is 0. The van der Waals surface area contributed by atoms with Crippen LogP contribution in [0.3, 0.4) is 0 Å². The standard InChI is InChI=1S/C18H13F3N2O2S2/c1-10-2-4-11(5-3-10)16-23(15(24)9-26-16)17-22-13-7-6-12(8-14(13)27-17)25-18(19,20)21/h2-8,16H,9H2,1H3. The maximum atomic E-state index is 12.5. The van der Waals surface area contributed by atoms with Crippen LogP contribution in [0.2, 0.25) is 0 Å². The Kier molecular flexibility index (Phi) is 4.51. The number of nitrogens with zero attached hydrogens (tertiary/aromatic N) is 2. The molecule has 0 aliphatic carbocycles. The van der Waals surface area contributed by atoms with E-state index in [1.807, 2.05) is 31.2 Å². The summed E-state index contributed by atoms with van der Waals surface area (Å²) in [5.74, 6) is -0.0458. The number of ether oxygens (including phenoxy) is 1. The summed E-state index contributed by atoms with van der Waals surface area (Å²) in [4.78, 5) is 18.5. The molecule has 0 N–H and O–H groups in total. The van der Waals surface area contributed by atoms with E-state index >= 15 is 0 Å². The lowest BCUT2D eigenvalue weighted by atomic mass is 10.1. The molecular formula is C18H13F3N2O2S2. The number of benzene rings is 2. The maximum Gasteiger partial charge on any atom is 0.573 e. The third kappa shape index (κ3) is 3.74. The topological polar surface area (TPSA) is 42.4 Å². The van der Waals surface area contributed by atoms with Gasteiger partial charge >= 0.3 is 6.36 Å². The van der Waals surface area contributed by atoms with Gasteiger partial charge < -0.3 is 4.74 Å². The molecule has 1 aromatic heterocycles. The lowest BCUT2D eigenvalue weighted by Gasteiger charge is -2.21. The summed E-state index contributed by atoms with van der Waals surface area (Å²) >= 11 is 2.68. The Hall–Kier alpha value is -2.26. The fraction of sp³-hybridized carbons (Fsp3) is 0.222. The van der Waals surface area contributed by atoms with Gasteiger partial charge in [-0.1, -0.05) is 41.2 Å². The van der Waals surface area contributed by atoms with Crippen molar-refractivity contribution in [2.75, 3.05) is 10.7 Å². The highest BCUT2D eigenvalue weighted by Gasteiger charge is 2.36. The first-order valence-electron chi connectivity index (χ1n) is 7.97. The number of halogens is 3. The highest BCUT2D eigenvalue weighted by Crippen LogP contribution is 2.44. The average molecular weight is 410 g/mol. The Morgan fingerprint density at radius 3 is 2.63 bits per heavy atom. The Balaban J connectivity index is 1.69.